The van der Waals surface area contributed by atoms with Crippen molar-refractivity contribution in [2.75, 3.05) is 23.4 Å². The molecule has 39 heavy (non-hydrogen) atoms. The highest BCUT2D eigenvalue weighted by atomic mass is 32.2. The van der Waals surface area contributed by atoms with Crippen molar-refractivity contribution in [3.8, 4) is 5.75 Å². The van der Waals surface area contributed by atoms with E-state index in [1.807, 2.05) is 0 Å². The molecule has 0 radical (unpaired) electrons. The number of anilines is 3. The number of nitrogens with zero attached hydrogens (tertiary/aromatic N) is 2. The minimum Gasteiger partial charge on any atom is -0.491 e. The summed E-state index contributed by atoms with van der Waals surface area (Å²) in [6, 6.07) is 11.6. The van der Waals surface area contributed by atoms with E-state index in [1.54, 1.807) is 13.0 Å². The second kappa shape index (κ2) is 11.6. The van der Waals surface area contributed by atoms with Crippen molar-refractivity contribution in [1.29, 1.82) is 0 Å². The second-order valence-electron chi connectivity index (χ2n) is 8.14. The minimum absolute atomic E-state index is 0.00249. The maximum atomic E-state index is 12.1. The van der Waals surface area contributed by atoms with Gasteiger partial charge in [-0.1, -0.05) is 0 Å². The summed E-state index contributed by atoms with van der Waals surface area (Å²) in [5, 5.41) is 10.7. The molecule has 3 rings (SSSR count). The van der Waals surface area contributed by atoms with Crippen molar-refractivity contribution in [2.45, 2.75) is 23.1 Å². The van der Waals surface area contributed by atoms with Crippen LogP contribution in [0, 0.1) is 6.92 Å². The number of azo groups is 1. The lowest BCUT2D eigenvalue weighted by Crippen LogP contribution is -2.09. The number of rotatable bonds is 11. The van der Waals surface area contributed by atoms with E-state index >= 15 is 0 Å². The summed E-state index contributed by atoms with van der Waals surface area (Å²) in [6.07, 6.45) is 0.00249. The molecule has 17 heteroatoms. The Morgan fingerprint density at radius 1 is 0.821 bits per heavy atom. The summed E-state index contributed by atoms with van der Waals surface area (Å²) in [6.45, 7) is 1.62. The maximum absolute atomic E-state index is 12.1. The molecule has 0 amide bonds. The summed E-state index contributed by atoms with van der Waals surface area (Å²) >= 11 is 0. The molecule has 14 nitrogen and oxygen atoms in total. The fraction of sp³-hybridized carbons (Fsp3) is 0.182. The van der Waals surface area contributed by atoms with Crippen LogP contribution in [0.1, 0.15) is 12.0 Å². The molecule has 0 aromatic heterocycles. The molecule has 0 spiro atoms. The van der Waals surface area contributed by atoms with Crippen LogP contribution in [0.15, 0.2) is 74.6 Å². The first-order valence-electron chi connectivity index (χ1n) is 10.9. The lowest BCUT2D eigenvalue weighted by Gasteiger charge is -2.16. The van der Waals surface area contributed by atoms with Crippen molar-refractivity contribution in [1.82, 2.24) is 0 Å². The smallest absolute Gasteiger partial charge is 0.296 e. The number of nitrogens with two attached hydrogens (primary N) is 1. The first-order chi connectivity index (χ1) is 18.0. The number of hydrogen-bond acceptors (Lipinski definition) is 11. The van der Waals surface area contributed by atoms with Crippen molar-refractivity contribution in [3.05, 3.63) is 60.2 Å². The first-order valence-corrected chi connectivity index (χ1v) is 15.4. The molecule has 0 saturated heterocycles. The molecule has 3 aromatic carbocycles. The monoisotopic (exact) mass is 600 g/mol. The quantitative estimate of drug-likeness (QED) is 0.0912. The van der Waals surface area contributed by atoms with E-state index in [1.165, 1.54) is 30.3 Å². The van der Waals surface area contributed by atoms with Gasteiger partial charge in [0.1, 0.15) is 10.6 Å². The third-order valence-electron chi connectivity index (χ3n) is 5.09. The molecule has 0 aliphatic rings. The highest BCUT2D eigenvalue weighted by molar-refractivity contribution is 7.86. The number of nitrogen functional groups attached to an aromatic ring is 1. The zero-order valence-electron chi connectivity index (χ0n) is 20.2. The van der Waals surface area contributed by atoms with Gasteiger partial charge in [-0.25, -0.2) is 0 Å². The van der Waals surface area contributed by atoms with Gasteiger partial charge in [-0.15, -0.1) is 0 Å². The van der Waals surface area contributed by atoms with Crippen LogP contribution in [0.25, 0.3) is 0 Å². The first kappa shape index (κ1) is 29.9. The average molecular weight is 601 g/mol. The van der Waals surface area contributed by atoms with E-state index in [0.717, 1.165) is 18.2 Å². The van der Waals surface area contributed by atoms with Crippen molar-refractivity contribution in [2.24, 2.45) is 10.2 Å². The van der Waals surface area contributed by atoms with Gasteiger partial charge in [0.05, 0.1) is 40.0 Å². The van der Waals surface area contributed by atoms with E-state index < -0.39 is 41.0 Å². The van der Waals surface area contributed by atoms with Crippen LogP contribution >= 0.6 is 0 Å². The van der Waals surface area contributed by atoms with Crippen LogP contribution in [0.3, 0.4) is 0 Å². The Morgan fingerprint density at radius 3 is 2.03 bits per heavy atom. The van der Waals surface area contributed by atoms with Crippen molar-refractivity contribution in [3.63, 3.8) is 0 Å². The molecular formula is C22H24N4O10S3. The van der Waals surface area contributed by atoms with Crippen LogP contribution in [0.2, 0.25) is 0 Å². The van der Waals surface area contributed by atoms with Gasteiger partial charge in [0.15, 0.2) is 0 Å². The van der Waals surface area contributed by atoms with Gasteiger partial charge in [-0.2, -0.15) is 35.5 Å². The molecule has 0 bridgehead atoms. The van der Waals surface area contributed by atoms with Crippen LogP contribution in [0.5, 0.6) is 5.75 Å². The lowest BCUT2D eigenvalue weighted by atomic mass is 10.1. The Hall–Kier alpha value is -3.61. The Morgan fingerprint density at radius 2 is 1.44 bits per heavy atom. The maximum Gasteiger partial charge on any atom is 0.296 e. The molecule has 0 saturated carbocycles. The van der Waals surface area contributed by atoms with E-state index in [-0.39, 0.29) is 46.4 Å². The second-order valence-corrected chi connectivity index (χ2v) is 12.5. The van der Waals surface area contributed by atoms with Crippen LogP contribution in [-0.2, 0) is 30.4 Å². The molecule has 0 heterocycles. The number of benzene rings is 3. The zero-order valence-corrected chi connectivity index (χ0v) is 22.7. The molecule has 0 aliphatic carbocycles. The highest BCUT2D eigenvalue weighted by Crippen LogP contribution is 2.35. The molecule has 3 aromatic rings. The zero-order chi connectivity index (χ0) is 29.0. The van der Waals surface area contributed by atoms with Gasteiger partial charge in [0.2, 0.25) is 0 Å². The molecule has 0 unspecified atom stereocenters. The van der Waals surface area contributed by atoms with Gasteiger partial charge in [-0.05, 0) is 67.4 Å². The van der Waals surface area contributed by atoms with Gasteiger partial charge >= 0.3 is 0 Å². The predicted octanol–water partition coefficient (Wildman–Crippen LogP) is 3.89. The van der Waals surface area contributed by atoms with Gasteiger partial charge < -0.3 is 15.8 Å². The Labute approximate surface area is 224 Å². The van der Waals surface area contributed by atoms with Crippen LogP contribution in [-0.4, -0.2) is 51.3 Å². The third kappa shape index (κ3) is 8.70. The van der Waals surface area contributed by atoms with Gasteiger partial charge in [0.25, 0.3) is 30.4 Å². The summed E-state index contributed by atoms with van der Waals surface area (Å²) in [4.78, 5) is -0.859. The van der Waals surface area contributed by atoms with Gasteiger partial charge in [-0.3, -0.25) is 13.7 Å². The summed E-state index contributed by atoms with van der Waals surface area (Å²) in [5.41, 5.74) is 7.40. The standard InChI is InChI=1S/C22H24N4O10S3/c1-14-11-18(23)21(36-9-2-10-37(27,28)29)13-20(14)24-19-8-5-16(12-22(19)39(33,34)35)26-25-15-3-6-17(7-4-15)38(30,31)32/h3-8,11-13,24H,2,9-10,23H2,1H3,(H,27,28,29)(H,30,31,32)(H,33,34,35). The average Bonchev–Trinajstić information content (AvgIpc) is 2.82. The molecule has 0 atom stereocenters. The van der Waals surface area contributed by atoms with E-state index in [9.17, 15) is 29.8 Å². The minimum atomic E-state index is -4.74. The van der Waals surface area contributed by atoms with E-state index in [4.69, 9.17) is 19.6 Å². The molecular weight excluding hydrogens is 576 g/mol. The number of ether oxygens (including phenoxy) is 1. The fourth-order valence-electron chi connectivity index (χ4n) is 3.23. The lowest BCUT2D eigenvalue weighted by molar-refractivity contribution is 0.318. The fourth-order valence-corrected chi connectivity index (χ4v) is 4.86. The van der Waals surface area contributed by atoms with E-state index in [2.05, 4.69) is 15.5 Å². The highest BCUT2D eigenvalue weighted by Gasteiger charge is 2.18. The molecule has 0 fully saturated rings. The van der Waals surface area contributed by atoms with Crippen molar-refractivity contribution >= 4 is 58.8 Å². The molecule has 6 N–H and O–H groups in total. The Bertz CT molecular complexity index is 1720. The van der Waals surface area contributed by atoms with Crippen molar-refractivity contribution < 1.29 is 43.6 Å². The largest absolute Gasteiger partial charge is 0.491 e. The topological polar surface area (TPSA) is 235 Å². The summed E-state index contributed by atoms with van der Waals surface area (Å²) in [5.74, 6) is -0.321. The molecule has 0 aliphatic heterocycles. The predicted molar refractivity (Wildman–Crippen MR) is 142 cm³/mol. The number of aryl methyl sites for hydroxylation is 1. The normalized spacial score (nSPS) is 12.5. The van der Waals surface area contributed by atoms with Crippen LogP contribution < -0.4 is 15.8 Å². The SMILES string of the molecule is Cc1cc(N)c(OCCCS(=O)(=O)O)cc1Nc1ccc(N=Nc2ccc(S(=O)(=O)O)cc2)cc1S(=O)(=O)O. The summed E-state index contributed by atoms with van der Waals surface area (Å²) in [7, 11) is -13.3. The summed E-state index contributed by atoms with van der Waals surface area (Å²) < 4.78 is 101. The third-order valence-corrected chi connectivity index (χ3v) is 7.65. The Balaban J connectivity index is 1.86. The number of nitrogens with one attached hydrogen (secondary N) is 1. The van der Waals surface area contributed by atoms with Gasteiger partial charge in [0, 0.05) is 11.8 Å². The number of hydrogen-bond donors (Lipinski definition) is 5. The van der Waals surface area contributed by atoms with Crippen LogP contribution in [0.4, 0.5) is 28.4 Å². The Kier molecular flexibility index (Phi) is 8.94. The van der Waals surface area contributed by atoms with E-state index in [0.29, 0.717) is 11.3 Å². The molecule has 210 valence electrons.